The third-order valence-corrected chi connectivity index (χ3v) is 2.37. The van der Waals surface area contributed by atoms with Crippen LogP contribution in [0.3, 0.4) is 0 Å². The summed E-state index contributed by atoms with van der Waals surface area (Å²) in [4.78, 5) is 0. The Bertz CT molecular complexity index is 423. The summed E-state index contributed by atoms with van der Waals surface area (Å²) in [6.07, 6.45) is 4.52. The molecule has 19 heavy (non-hydrogen) atoms. The first-order valence-electron chi connectivity index (χ1n) is 5.80. The number of rotatable bonds is 7. The van der Waals surface area contributed by atoms with Crippen LogP contribution in [-0.2, 0) is 0 Å². The third kappa shape index (κ3) is 4.72. The van der Waals surface area contributed by atoms with Crippen LogP contribution in [0, 0.1) is 10.4 Å². The topological polar surface area (TPSA) is 117 Å². The summed E-state index contributed by atoms with van der Waals surface area (Å²) >= 11 is 0. The van der Waals surface area contributed by atoms with Gasteiger partial charge in [-0.3, -0.25) is 15.8 Å². The Balaban J connectivity index is 2.79. The van der Waals surface area contributed by atoms with Gasteiger partial charge in [0.2, 0.25) is 0 Å². The monoisotopic (exact) mass is 268 g/mol. The van der Waals surface area contributed by atoms with Gasteiger partial charge >= 0.3 is 0 Å². The van der Waals surface area contributed by atoms with Crippen LogP contribution in [0.25, 0.3) is 0 Å². The van der Waals surface area contributed by atoms with Gasteiger partial charge in [0.1, 0.15) is 5.69 Å². The third-order valence-electron chi connectivity index (χ3n) is 2.37. The molecular weight excluding hydrogens is 252 g/mol. The lowest BCUT2D eigenvalue weighted by molar-refractivity contribution is 0.0295. The van der Waals surface area contributed by atoms with E-state index in [9.17, 15) is 10.4 Å². The van der Waals surface area contributed by atoms with Crippen LogP contribution in [0.15, 0.2) is 23.3 Å². The Morgan fingerprint density at radius 3 is 2.68 bits per heavy atom. The molecule has 0 fully saturated rings. The summed E-state index contributed by atoms with van der Waals surface area (Å²) in [5, 5.41) is 42.3. The molecule has 1 aromatic carbocycles. The van der Waals surface area contributed by atoms with Crippen molar-refractivity contribution in [2.75, 3.05) is 15.9 Å². The van der Waals surface area contributed by atoms with Gasteiger partial charge in [-0.25, -0.2) is 0 Å². The van der Waals surface area contributed by atoms with Crippen molar-refractivity contribution in [2.24, 2.45) is 5.10 Å². The number of hydrogen-bond acceptors (Lipinski definition) is 8. The summed E-state index contributed by atoms with van der Waals surface area (Å²) in [6.45, 7) is 2.06. The molecule has 1 aromatic rings. The molecule has 0 spiro atoms. The first-order valence-corrected chi connectivity index (χ1v) is 5.80. The molecule has 0 saturated heterocycles. The molecule has 0 aliphatic rings. The molecular formula is C11H16N4O4-2. The standard InChI is InChI=1S/C11H16N4O4/c1-2-3-4-7-12-13-10-6-5-9(14(16)17)8-11(10)15(18)19/h5-8,13,18-19H,2-4H2,1H3/q-2. The lowest BCUT2D eigenvalue weighted by Crippen LogP contribution is -2.14. The summed E-state index contributed by atoms with van der Waals surface area (Å²) in [5.41, 5.74) is 2.46. The highest BCUT2D eigenvalue weighted by atomic mass is 16.8. The van der Waals surface area contributed by atoms with Crippen LogP contribution in [0.1, 0.15) is 26.2 Å². The highest BCUT2D eigenvalue weighted by Gasteiger charge is 2.07. The lowest BCUT2D eigenvalue weighted by Gasteiger charge is -2.37. The second kappa shape index (κ2) is 7.54. The Morgan fingerprint density at radius 2 is 2.11 bits per heavy atom. The number of unbranched alkanes of at least 4 members (excludes halogenated alkanes) is 2. The molecule has 0 unspecified atom stereocenters. The van der Waals surface area contributed by atoms with Crippen molar-refractivity contribution < 1.29 is 10.4 Å². The van der Waals surface area contributed by atoms with Crippen molar-refractivity contribution >= 4 is 23.3 Å². The molecule has 0 radical (unpaired) electrons. The predicted molar refractivity (Wildman–Crippen MR) is 73.3 cm³/mol. The average molecular weight is 268 g/mol. The van der Waals surface area contributed by atoms with E-state index in [1.165, 1.54) is 12.1 Å². The highest BCUT2D eigenvalue weighted by molar-refractivity contribution is 5.74. The molecule has 3 N–H and O–H groups in total. The maximum absolute atomic E-state index is 10.6. The Hall–Kier alpha value is -1.87. The van der Waals surface area contributed by atoms with Crippen molar-refractivity contribution in [2.45, 2.75) is 26.2 Å². The van der Waals surface area contributed by atoms with Gasteiger partial charge in [0.25, 0.3) is 0 Å². The molecule has 0 aliphatic heterocycles. The Labute approximate surface area is 110 Å². The van der Waals surface area contributed by atoms with E-state index in [0.29, 0.717) is 0 Å². The van der Waals surface area contributed by atoms with Gasteiger partial charge in [-0.05, 0) is 31.0 Å². The van der Waals surface area contributed by atoms with Crippen molar-refractivity contribution in [3.05, 3.63) is 28.6 Å². The van der Waals surface area contributed by atoms with Gasteiger partial charge in [0.05, 0.1) is 5.69 Å². The van der Waals surface area contributed by atoms with E-state index in [1.807, 2.05) is 0 Å². The first-order chi connectivity index (χ1) is 9.06. The molecule has 8 nitrogen and oxygen atoms in total. The van der Waals surface area contributed by atoms with E-state index in [4.69, 9.17) is 10.4 Å². The largest absolute Gasteiger partial charge is 0.769 e. The minimum absolute atomic E-state index is 0.151. The van der Waals surface area contributed by atoms with Gasteiger partial charge in [0, 0.05) is 11.9 Å². The second-order valence-corrected chi connectivity index (χ2v) is 3.81. The smallest absolute Gasteiger partial charge is 0.121 e. The molecule has 0 amide bonds. The number of benzene rings is 1. The molecule has 8 heteroatoms. The van der Waals surface area contributed by atoms with Gasteiger partial charge in [-0.2, -0.15) is 5.10 Å². The summed E-state index contributed by atoms with van der Waals surface area (Å²) in [5.74, 6) is 0. The Kier molecular flexibility index (Phi) is 6.03. The molecule has 0 bridgehead atoms. The molecule has 106 valence electrons. The van der Waals surface area contributed by atoms with E-state index in [1.54, 1.807) is 6.21 Å². The van der Waals surface area contributed by atoms with Crippen LogP contribution in [0.2, 0.25) is 0 Å². The van der Waals surface area contributed by atoms with E-state index in [-0.39, 0.29) is 22.3 Å². The molecule has 0 heterocycles. The van der Waals surface area contributed by atoms with Crippen LogP contribution >= 0.6 is 0 Å². The van der Waals surface area contributed by atoms with Crippen molar-refractivity contribution in [3.8, 4) is 0 Å². The van der Waals surface area contributed by atoms with Crippen molar-refractivity contribution in [3.63, 3.8) is 0 Å². The minimum atomic E-state index is -0.624. The maximum atomic E-state index is 10.6. The number of hydrazone groups is 1. The summed E-state index contributed by atoms with van der Waals surface area (Å²) < 4.78 is 0. The fourth-order valence-corrected chi connectivity index (χ4v) is 1.37. The molecule has 0 aliphatic carbocycles. The number of nitrogens with one attached hydrogen (secondary N) is 1. The number of anilines is 3. The maximum Gasteiger partial charge on any atom is 0.121 e. The minimum Gasteiger partial charge on any atom is -0.769 e. The molecule has 0 aromatic heterocycles. The summed E-state index contributed by atoms with van der Waals surface area (Å²) in [6, 6.07) is 3.63. The van der Waals surface area contributed by atoms with Crippen LogP contribution < -0.4 is 15.9 Å². The van der Waals surface area contributed by atoms with E-state index in [0.717, 1.165) is 25.3 Å². The SMILES string of the molecule is CCCCC=NNc1ccc(N([O-])[O-])cc1N(O)O. The van der Waals surface area contributed by atoms with E-state index < -0.39 is 5.23 Å². The normalized spacial score (nSPS) is 10.8. The van der Waals surface area contributed by atoms with Gasteiger partial charge in [0.15, 0.2) is 0 Å². The zero-order valence-corrected chi connectivity index (χ0v) is 10.5. The Morgan fingerprint density at radius 1 is 1.37 bits per heavy atom. The fourth-order valence-electron chi connectivity index (χ4n) is 1.37. The van der Waals surface area contributed by atoms with Crippen LogP contribution in [0.4, 0.5) is 17.1 Å². The molecule has 0 saturated carbocycles. The van der Waals surface area contributed by atoms with E-state index in [2.05, 4.69) is 17.5 Å². The van der Waals surface area contributed by atoms with Crippen LogP contribution in [-0.4, -0.2) is 16.6 Å². The quantitative estimate of drug-likeness (QED) is 0.395. The second-order valence-electron chi connectivity index (χ2n) is 3.81. The zero-order chi connectivity index (χ0) is 14.3. The summed E-state index contributed by atoms with van der Waals surface area (Å²) in [7, 11) is 0. The predicted octanol–water partition coefficient (Wildman–Crippen LogP) is 2.66. The van der Waals surface area contributed by atoms with Crippen molar-refractivity contribution in [1.82, 2.24) is 0 Å². The molecule has 0 atom stereocenters. The number of nitrogens with zero attached hydrogens (tertiary/aromatic N) is 3. The van der Waals surface area contributed by atoms with Gasteiger partial charge in [-0.15, -0.1) is 5.23 Å². The highest BCUT2D eigenvalue weighted by Crippen LogP contribution is 2.29. The first kappa shape index (κ1) is 15.2. The van der Waals surface area contributed by atoms with Gasteiger partial charge < -0.3 is 15.6 Å². The lowest BCUT2D eigenvalue weighted by atomic mass is 10.2. The number of hydrogen-bond donors (Lipinski definition) is 3. The average Bonchev–Trinajstić information content (AvgIpc) is 2.38. The fraction of sp³-hybridized carbons (Fsp3) is 0.364. The van der Waals surface area contributed by atoms with Crippen molar-refractivity contribution in [1.29, 1.82) is 0 Å². The van der Waals surface area contributed by atoms with Gasteiger partial charge in [-0.1, -0.05) is 13.3 Å². The van der Waals surface area contributed by atoms with E-state index >= 15 is 0 Å². The van der Waals surface area contributed by atoms with Crippen LogP contribution in [0.5, 0.6) is 0 Å². The zero-order valence-electron chi connectivity index (χ0n) is 10.5. The molecule has 1 rings (SSSR count).